The first-order valence-corrected chi connectivity index (χ1v) is 15.9. The lowest BCUT2D eigenvalue weighted by Crippen LogP contribution is -2.32. The van der Waals surface area contributed by atoms with Gasteiger partial charge in [-0.1, -0.05) is 158 Å². The van der Waals surface area contributed by atoms with Crippen LogP contribution in [0, 0.1) is 5.41 Å². The summed E-state index contributed by atoms with van der Waals surface area (Å²) < 4.78 is 0. The van der Waals surface area contributed by atoms with E-state index in [1.165, 1.54) is 47.2 Å². The van der Waals surface area contributed by atoms with Gasteiger partial charge < -0.3 is 0 Å². The van der Waals surface area contributed by atoms with Crippen molar-refractivity contribution in [3.63, 3.8) is 0 Å². The van der Waals surface area contributed by atoms with Crippen molar-refractivity contribution in [2.75, 3.05) is 0 Å². The highest BCUT2D eigenvalue weighted by molar-refractivity contribution is 5.45. The highest BCUT2D eigenvalue weighted by Crippen LogP contribution is 2.47. The number of unbranched alkanes of at least 4 members (excludes halogenated alkanes) is 2. The Kier molecular flexibility index (Phi) is 10.2. The fourth-order valence-electron chi connectivity index (χ4n) is 6.94. The van der Waals surface area contributed by atoms with Gasteiger partial charge in [-0.2, -0.15) is 0 Å². The Morgan fingerprint density at radius 3 is 1.73 bits per heavy atom. The van der Waals surface area contributed by atoms with Crippen LogP contribution in [0.25, 0.3) is 0 Å². The second-order valence-corrected chi connectivity index (χ2v) is 13.2. The van der Waals surface area contributed by atoms with Gasteiger partial charge in [0.2, 0.25) is 0 Å². The van der Waals surface area contributed by atoms with E-state index in [2.05, 4.69) is 139 Å². The molecule has 0 spiro atoms. The molecule has 0 saturated carbocycles. The van der Waals surface area contributed by atoms with Gasteiger partial charge in [-0.3, -0.25) is 4.98 Å². The number of benzene rings is 3. The van der Waals surface area contributed by atoms with Crippen LogP contribution in [0.15, 0.2) is 109 Å². The molecule has 4 aromatic rings. The molecule has 0 aliphatic heterocycles. The Morgan fingerprint density at radius 1 is 0.634 bits per heavy atom. The summed E-state index contributed by atoms with van der Waals surface area (Å²) >= 11 is 0. The normalized spacial score (nSPS) is 15.6. The first-order chi connectivity index (χ1) is 19.7. The summed E-state index contributed by atoms with van der Waals surface area (Å²) in [6.07, 6.45) is 10.1. The molecule has 216 valence electrons. The van der Waals surface area contributed by atoms with Crippen LogP contribution in [-0.2, 0) is 10.8 Å². The summed E-state index contributed by atoms with van der Waals surface area (Å²) in [6.45, 7) is 14.3. The molecule has 0 aliphatic carbocycles. The minimum absolute atomic E-state index is 0.0574. The minimum Gasteiger partial charge on any atom is -0.261 e. The maximum absolute atomic E-state index is 4.77. The van der Waals surface area contributed by atoms with Crippen molar-refractivity contribution in [3.8, 4) is 0 Å². The highest BCUT2D eigenvalue weighted by atomic mass is 14.7. The summed E-state index contributed by atoms with van der Waals surface area (Å²) in [5.41, 5.74) is 6.95. The molecule has 0 N–H and O–H groups in total. The van der Waals surface area contributed by atoms with Gasteiger partial charge in [0.15, 0.2) is 0 Å². The van der Waals surface area contributed by atoms with E-state index in [0.717, 1.165) is 25.7 Å². The maximum atomic E-state index is 4.77. The second-order valence-electron chi connectivity index (χ2n) is 13.2. The van der Waals surface area contributed by atoms with E-state index in [1.54, 1.807) is 0 Å². The molecule has 3 aromatic carbocycles. The van der Waals surface area contributed by atoms with Gasteiger partial charge in [-0.25, -0.2) is 0 Å². The van der Waals surface area contributed by atoms with Gasteiger partial charge in [0, 0.05) is 22.7 Å². The van der Waals surface area contributed by atoms with Crippen LogP contribution in [0.2, 0.25) is 0 Å². The Bertz CT molecular complexity index is 1310. The van der Waals surface area contributed by atoms with E-state index in [0.29, 0.717) is 5.92 Å². The molecular weight excluding hydrogens is 494 g/mol. The zero-order valence-corrected chi connectivity index (χ0v) is 26.4. The molecular formula is C40H51N. The summed E-state index contributed by atoms with van der Waals surface area (Å²) in [5.74, 6) is 0.345. The van der Waals surface area contributed by atoms with Gasteiger partial charge in [0.05, 0.1) is 0 Å². The van der Waals surface area contributed by atoms with Crippen molar-refractivity contribution in [2.24, 2.45) is 5.41 Å². The molecule has 4 rings (SSSR count). The largest absolute Gasteiger partial charge is 0.261 e. The average Bonchev–Trinajstić information content (AvgIpc) is 3.01. The monoisotopic (exact) mass is 545 g/mol. The summed E-state index contributed by atoms with van der Waals surface area (Å²) in [7, 11) is 0. The molecule has 1 nitrogen and oxygen atoms in total. The molecule has 0 fully saturated rings. The average molecular weight is 546 g/mol. The molecule has 1 aromatic heterocycles. The number of aromatic nitrogens is 1. The summed E-state index contributed by atoms with van der Waals surface area (Å²) in [6, 6.07) is 38.5. The number of pyridine rings is 1. The predicted molar refractivity (Wildman–Crippen MR) is 177 cm³/mol. The predicted octanol–water partition coefficient (Wildman–Crippen LogP) is 11.3. The Labute approximate surface area is 250 Å². The van der Waals surface area contributed by atoms with E-state index in [1.807, 2.05) is 12.3 Å². The van der Waals surface area contributed by atoms with Crippen LogP contribution in [0.1, 0.15) is 120 Å². The molecule has 3 atom stereocenters. The molecule has 1 heteroatoms. The van der Waals surface area contributed by atoms with Gasteiger partial charge in [-0.05, 0) is 65.0 Å². The Balaban J connectivity index is 1.82. The quantitative estimate of drug-likeness (QED) is 0.144. The number of hydrogen-bond acceptors (Lipinski definition) is 1. The van der Waals surface area contributed by atoms with Gasteiger partial charge in [0.25, 0.3) is 0 Å². The number of rotatable bonds is 14. The fourth-order valence-corrected chi connectivity index (χ4v) is 6.94. The lowest BCUT2D eigenvalue weighted by Gasteiger charge is -2.40. The topological polar surface area (TPSA) is 12.9 Å². The molecule has 1 heterocycles. The smallest absolute Gasteiger partial charge is 0.0432 e. The zero-order valence-electron chi connectivity index (χ0n) is 26.4. The minimum atomic E-state index is -0.0717. The first-order valence-electron chi connectivity index (χ1n) is 15.9. The van der Waals surface area contributed by atoms with Crippen molar-refractivity contribution in [1.82, 2.24) is 4.98 Å². The van der Waals surface area contributed by atoms with Crippen molar-refractivity contribution in [1.29, 1.82) is 0 Å². The molecule has 0 saturated heterocycles. The Hall–Kier alpha value is -3.19. The van der Waals surface area contributed by atoms with Gasteiger partial charge >= 0.3 is 0 Å². The third-order valence-corrected chi connectivity index (χ3v) is 9.66. The van der Waals surface area contributed by atoms with Gasteiger partial charge in [-0.15, -0.1) is 0 Å². The molecule has 3 unspecified atom stereocenters. The molecule has 0 bridgehead atoms. The van der Waals surface area contributed by atoms with Crippen LogP contribution in [0.4, 0.5) is 0 Å². The molecule has 0 radical (unpaired) electrons. The molecule has 41 heavy (non-hydrogen) atoms. The first kappa shape index (κ1) is 30.8. The zero-order chi connectivity index (χ0) is 29.3. The SMILES string of the molecule is CCCCCC(CC(C)c1ccccn1)(c1ccccc1)c1ccc(C(C)(CC(C)(C)CC)c2ccccc2)cc1. The number of hydrogen-bond donors (Lipinski definition) is 0. The lowest BCUT2D eigenvalue weighted by atomic mass is 9.63. The second kappa shape index (κ2) is 13.6. The van der Waals surface area contributed by atoms with Crippen molar-refractivity contribution >= 4 is 0 Å². The third kappa shape index (κ3) is 7.18. The third-order valence-electron chi connectivity index (χ3n) is 9.66. The fraction of sp³-hybridized carbons (Fsp3) is 0.425. The van der Waals surface area contributed by atoms with Crippen LogP contribution < -0.4 is 0 Å². The van der Waals surface area contributed by atoms with Gasteiger partial charge in [0.1, 0.15) is 0 Å². The van der Waals surface area contributed by atoms with Crippen LogP contribution in [0.5, 0.6) is 0 Å². The van der Waals surface area contributed by atoms with E-state index >= 15 is 0 Å². The van der Waals surface area contributed by atoms with Crippen molar-refractivity contribution in [2.45, 2.75) is 103 Å². The standard InChI is InChI=1S/C40H51N/c1-7-9-17-28-40(35-21-14-11-15-22-35,30-32(3)37-23-16-18-29-41-37)36-26-24-34(25-27-36)39(6,31-38(4,5)8-2)33-19-12-10-13-20-33/h10-16,18-27,29,32H,7-9,17,28,30-31H2,1-6H3. The Morgan fingerprint density at radius 2 is 1.17 bits per heavy atom. The van der Waals surface area contributed by atoms with E-state index in [4.69, 9.17) is 4.98 Å². The summed E-state index contributed by atoms with van der Waals surface area (Å²) in [5, 5.41) is 0. The summed E-state index contributed by atoms with van der Waals surface area (Å²) in [4.78, 5) is 4.77. The highest BCUT2D eigenvalue weighted by Gasteiger charge is 2.38. The lowest BCUT2D eigenvalue weighted by molar-refractivity contribution is 0.260. The van der Waals surface area contributed by atoms with E-state index < -0.39 is 0 Å². The van der Waals surface area contributed by atoms with E-state index in [9.17, 15) is 0 Å². The van der Waals surface area contributed by atoms with Crippen molar-refractivity contribution < 1.29 is 0 Å². The van der Waals surface area contributed by atoms with Crippen molar-refractivity contribution in [3.05, 3.63) is 137 Å². The van der Waals surface area contributed by atoms with E-state index in [-0.39, 0.29) is 16.2 Å². The van der Waals surface area contributed by atoms with Crippen LogP contribution >= 0.6 is 0 Å². The van der Waals surface area contributed by atoms with Crippen LogP contribution in [0.3, 0.4) is 0 Å². The molecule has 0 aliphatic rings. The van der Waals surface area contributed by atoms with Crippen LogP contribution in [-0.4, -0.2) is 4.98 Å². The number of nitrogens with zero attached hydrogens (tertiary/aromatic N) is 1. The molecule has 0 amide bonds. The maximum Gasteiger partial charge on any atom is 0.0432 e.